The van der Waals surface area contributed by atoms with E-state index >= 15 is 0 Å². The van der Waals surface area contributed by atoms with E-state index in [0.717, 1.165) is 64.3 Å². The molecule has 224 valence electrons. The number of aliphatic hydroxyl groups excluding tert-OH is 2. The number of rotatable bonds is 9. The Balaban J connectivity index is 1.32. The molecular weight excluding hydrogens is 607 g/mol. The van der Waals surface area contributed by atoms with Crippen LogP contribution in [0.1, 0.15) is 91.4 Å². The molecule has 0 aromatic rings. The summed E-state index contributed by atoms with van der Waals surface area (Å²) in [7, 11) is 4.01. The van der Waals surface area contributed by atoms with Crippen LogP contribution in [0.25, 0.3) is 0 Å². The first-order valence-corrected chi connectivity index (χ1v) is 16.8. The van der Waals surface area contributed by atoms with E-state index in [4.69, 9.17) is 4.74 Å². The van der Waals surface area contributed by atoms with E-state index in [0.29, 0.717) is 46.6 Å². The van der Waals surface area contributed by atoms with E-state index in [-0.39, 0.29) is 29.5 Å². The van der Waals surface area contributed by atoms with Gasteiger partial charge in [0.25, 0.3) is 0 Å². The first-order valence-electron chi connectivity index (χ1n) is 15.5. The number of esters is 1. The number of amides is 1. The number of carbonyl (C=O) groups excluding carboxylic acids is 2. The van der Waals surface area contributed by atoms with Crippen molar-refractivity contribution in [2.75, 3.05) is 33.7 Å². The lowest BCUT2D eigenvalue weighted by Crippen LogP contribution is -2.58. The van der Waals surface area contributed by atoms with Crippen molar-refractivity contribution < 1.29 is 24.5 Å². The molecule has 4 saturated carbocycles. The van der Waals surface area contributed by atoms with E-state index in [2.05, 4.69) is 41.3 Å². The number of hydrogen-bond acceptors (Lipinski definition) is 6. The highest BCUT2D eigenvalue weighted by atomic mass is 127. The fourth-order valence-electron chi connectivity index (χ4n) is 9.46. The molecule has 39 heavy (non-hydrogen) atoms. The molecule has 0 heterocycles. The minimum Gasteiger partial charge on any atom is -0.393 e. The lowest BCUT2D eigenvalue weighted by molar-refractivity contribution is -0.172. The number of hydrogen-bond donors (Lipinski definition) is 2. The van der Waals surface area contributed by atoms with Crippen LogP contribution in [0.3, 0.4) is 0 Å². The summed E-state index contributed by atoms with van der Waals surface area (Å²) in [5.41, 5.74) is 0.415. The van der Waals surface area contributed by atoms with Gasteiger partial charge in [-0.05, 0) is 132 Å². The molecule has 10 atom stereocenters. The summed E-state index contributed by atoms with van der Waals surface area (Å²) < 4.78 is 5.58. The third-order valence-corrected chi connectivity index (χ3v) is 13.2. The second kappa shape index (κ2) is 12.8. The number of carbonyl (C=O) groups is 2. The third-order valence-electron chi connectivity index (χ3n) is 11.7. The van der Waals surface area contributed by atoms with Gasteiger partial charge < -0.3 is 24.7 Å². The Morgan fingerprint density at radius 2 is 1.69 bits per heavy atom. The average Bonchev–Trinajstić information content (AvgIpc) is 3.23. The van der Waals surface area contributed by atoms with Crippen molar-refractivity contribution in [3.8, 4) is 0 Å². The smallest absolute Gasteiger partial charge is 0.393 e. The second-order valence-corrected chi connectivity index (χ2v) is 15.6. The summed E-state index contributed by atoms with van der Waals surface area (Å²) in [6, 6.07) is 0. The van der Waals surface area contributed by atoms with Crippen LogP contribution in [-0.4, -0.2) is 81.9 Å². The summed E-state index contributed by atoms with van der Waals surface area (Å²) in [6.45, 7) is 8.83. The van der Waals surface area contributed by atoms with Gasteiger partial charge in [0.05, 0.1) is 12.2 Å². The van der Waals surface area contributed by atoms with Crippen LogP contribution >= 0.6 is 22.6 Å². The van der Waals surface area contributed by atoms with E-state index in [1.807, 2.05) is 21.0 Å². The highest BCUT2D eigenvalue weighted by Gasteiger charge is 2.63. The topological polar surface area (TPSA) is 90.3 Å². The first-order chi connectivity index (χ1) is 18.4. The Hall–Kier alpha value is -0.450. The van der Waals surface area contributed by atoms with Crippen LogP contribution in [0, 0.1) is 40.4 Å². The molecule has 1 amide bonds. The molecule has 0 spiro atoms. The van der Waals surface area contributed by atoms with Crippen LogP contribution in [0.5, 0.6) is 0 Å². The third kappa shape index (κ3) is 6.48. The monoisotopic (exact) mass is 660 g/mol. The van der Waals surface area contributed by atoms with Gasteiger partial charge in [0.15, 0.2) is 0 Å². The van der Waals surface area contributed by atoms with Crippen molar-refractivity contribution in [3.05, 3.63) is 0 Å². The maximum atomic E-state index is 12.6. The van der Waals surface area contributed by atoms with Gasteiger partial charge in [-0.2, -0.15) is 0 Å². The summed E-state index contributed by atoms with van der Waals surface area (Å²) in [6.07, 6.45) is 9.16. The van der Waals surface area contributed by atoms with Crippen molar-refractivity contribution in [1.29, 1.82) is 0 Å². The van der Waals surface area contributed by atoms with Gasteiger partial charge >= 0.3 is 12.1 Å². The van der Waals surface area contributed by atoms with Crippen molar-refractivity contribution in [3.63, 3.8) is 0 Å². The van der Waals surface area contributed by atoms with Gasteiger partial charge in [-0.3, -0.25) is 4.79 Å². The fourth-order valence-corrected chi connectivity index (χ4v) is 11.0. The molecule has 7 nitrogen and oxygen atoms in total. The molecular formula is C31H53IN2O5. The van der Waals surface area contributed by atoms with Crippen molar-refractivity contribution in [1.82, 2.24) is 9.80 Å². The molecule has 4 aliphatic carbocycles. The summed E-state index contributed by atoms with van der Waals surface area (Å²) in [5.74, 6) is 1.94. The van der Waals surface area contributed by atoms with Crippen LogP contribution in [0.2, 0.25) is 0 Å². The molecule has 0 aliphatic heterocycles. The average molecular weight is 661 g/mol. The molecule has 0 aromatic heterocycles. The van der Waals surface area contributed by atoms with Crippen molar-refractivity contribution in [2.24, 2.45) is 40.4 Å². The largest absolute Gasteiger partial charge is 0.417 e. The molecule has 0 bridgehead atoms. The number of nitrogens with zero attached hydrogens (tertiary/aromatic N) is 2. The fraction of sp³-hybridized carbons (Fsp3) is 0.935. The SMILES string of the molecule is CCN(CCCN(C)C)C(=O)OC(=O)CCC(I)[C@H]1CC[C@H]2C3[C@@H](O)CC4C[C@@H](O)CC[C@]4(C)[C@H]3CC[C@]12C. The molecule has 4 aliphatic rings. The zero-order chi connectivity index (χ0) is 28.5. The molecule has 8 heteroatoms. The second-order valence-electron chi connectivity index (χ2n) is 14.0. The first kappa shape index (κ1) is 31.5. The zero-order valence-corrected chi connectivity index (χ0v) is 27.1. The number of fused-ring (bicyclic) bond motifs is 5. The lowest BCUT2D eigenvalue weighted by atomic mass is 9.44. The van der Waals surface area contributed by atoms with Crippen molar-refractivity contribution >= 4 is 34.7 Å². The Bertz CT molecular complexity index is 872. The van der Waals surface area contributed by atoms with Gasteiger partial charge in [0.1, 0.15) is 0 Å². The van der Waals surface area contributed by atoms with Crippen molar-refractivity contribution in [2.45, 2.75) is 108 Å². The van der Waals surface area contributed by atoms with E-state index in [1.165, 1.54) is 6.42 Å². The molecule has 4 rings (SSSR count). The minimum absolute atomic E-state index is 0.177. The van der Waals surface area contributed by atoms with Gasteiger partial charge in [0.2, 0.25) is 0 Å². The van der Waals surface area contributed by atoms with Crippen LogP contribution in [0.4, 0.5) is 4.79 Å². The van der Waals surface area contributed by atoms with Gasteiger partial charge in [0, 0.05) is 23.4 Å². The summed E-state index contributed by atoms with van der Waals surface area (Å²) >= 11 is 2.54. The highest BCUT2D eigenvalue weighted by molar-refractivity contribution is 14.1. The van der Waals surface area contributed by atoms with Gasteiger partial charge in [-0.15, -0.1) is 0 Å². The van der Waals surface area contributed by atoms with E-state index in [1.54, 1.807) is 4.90 Å². The predicted octanol–water partition coefficient (Wildman–Crippen LogP) is 5.50. The zero-order valence-electron chi connectivity index (χ0n) is 24.9. The summed E-state index contributed by atoms with van der Waals surface area (Å²) in [5, 5.41) is 21.8. The molecule has 4 fully saturated rings. The van der Waals surface area contributed by atoms with Gasteiger partial charge in [-0.25, -0.2) is 4.79 Å². The number of ether oxygens (including phenoxy) is 1. The summed E-state index contributed by atoms with van der Waals surface area (Å²) in [4.78, 5) is 28.9. The minimum atomic E-state index is -0.522. The molecule has 0 aromatic carbocycles. The Morgan fingerprint density at radius 1 is 1.00 bits per heavy atom. The normalized spacial score (nSPS) is 40.4. The Morgan fingerprint density at radius 3 is 2.38 bits per heavy atom. The predicted molar refractivity (Wildman–Crippen MR) is 162 cm³/mol. The Labute approximate surface area is 249 Å². The van der Waals surface area contributed by atoms with Gasteiger partial charge in [-0.1, -0.05) is 36.4 Å². The molecule has 0 radical (unpaired) electrons. The number of alkyl halides is 1. The molecule has 2 N–H and O–H groups in total. The van der Waals surface area contributed by atoms with E-state index in [9.17, 15) is 19.8 Å². The number of halogens is 1. The Kier molecular flexibility index (Phi) is 10.4. The number of aliphatic hydroxyl groups is 2. The van der Waals surface area contributed by atoms with Crippen LogP contribution < -0.4 is 0 Å². The lowest BCUT2D eigenvalue weighted by Gasteiger charge is -2.62. The van der Waals surface area contributed by atoms with E-state index < -0.39 is 12.1 Å². The standard InChI is InChI=1S/C31H53IN2O5/c1-6-34(17-7-16-33(4)5)29(38)39-27(37)11-10-25(32)22-8-9-23-28-24(13-15-31(22,23)3)30(2)14-12-21(35)18-20(30)19-26(28)36/h20-26,28,35-36H,6-19H2,1-5H3/t20?,21-,22+,23-,24-,25?,26-,28?,30-,31+/m0/s1. The van der Waals surface area contributed by atoms with Crippen LogP contribution in [0.15, 0.2) is 0 Å². The highest BCUT2D eigenvalue weighted by Crippen LogP contribution is 2.68. The molecule has 0 saturated heterocycles. The quantitative estimate of drug-likeness (QED) is 0.147. The van der Waals surface area contributed by atoms with Crippen LogP contribution in [-0.2, 0) is 9.53 Å². The molecule has 3 unspecified atom stereocenters. The maximum absolute atomic E-state index is 12.6. The maximum Gasteiger partial charge on any atom is 0.417 e.